The molecule has 0 spiro atoms. The van der Waals surface area contributed by atoms with Gasteiger partial charge < -0.3 is 24.1 Å². The molecule has 0 radical (unpaired) electrons. The first-order chi connectivity index (χ1) is 20.8. The summed E-state index contributed by atoms with van der Waals surface area (Å²) in [6, 6.07) is 15.1. The third kappa shape index (κ3) is 5.16. The molecule has 9 nitrogen and oxygen atoms in total. The lowest BCUT2D eigenvalue weighted by Crippen LogP contribution is -2.29. The van der Waals surface area contributed by atoms with Crippen LogP contribution < -0.4 is 23.8 Å². The van der Waals surface area contributed by atoms with E-state index in [0.717, 1.165) is 16.0 Å². The zero-order chi connectivity index (χ0) is 30.2. The summed E-state index contributed by atoms with van der Waals surface area (Å²) in [5.74, 6) is 0.610. The number of nitrogens with zero attached hydrogens (tertiary/aromatic N) is 2. The van der Waals surface area contributed by atoms with E-state index < -0.39 is 17.7 Å². The lowest BCUT2D eigenvalue weighted by atomic mass is 9.94. The van der Waals surface area contributed by atoms with Crippen LogP contribution in [-0.4, -0.2) is 47.7 Å². The van der Waals surface area contributed by atoms with E-state index in [1.54, 1.807) is 30.3 Å². The van der Waals surface area contributed by atoms with Gasteiger partial charge >= 0.3 is 5.91 Å². The third-order valence-corrected chi connectivity index (χ3v) is 8.38. The monoisotopic (exact) mass is 600 g/mol. The lowest BCUT2D eigenvalue weighted by Gasteiger charge is -2.24. The van der Waals surface area contributed by atoms with Crippen LogP contribution in [0.15, 0.2) is 60.2 Å². The molecule has 0 saturated carbocycles. The summed E-state index contributed by atoms with van der Waals surface area (Å²) < 4.78 is 23.9. The maximum Gasteiger partial charge on any atom is 0.301 e. The molecule has 0 bridgehead atoms. The van der Waals surface area contributed by atoms with E-state index in [4.69, 9.17) is 23.9 Å². The summed E-state index contributed by atoms with van der Waals surface area (Å²) in [6.45, 7) is 8.97. The van der Waals surface area contributed by atoms with Crippen LogP contribution in [0.4, 0.5) is 5.13 Å². The van der Waals surface area contributed by atoms with Crippen LogP contribution in [0.1, 0.15) is 50.4 Å². The Labute approximate surface area is 253 Å². The van der Waals surface area contributed by atoms with E-state index in [-0.39, 0.29) is 17.4 Å². The molecule has 43 heavy (non-hydrogen) atoms. The second kappa shape index (κ2) is 11.6. The van der Waals surface area contributed by atoms with Crippen LogP contribution in [0.3, 0.4) is 0 Å². The van der Waals surface area contributed by atoms with Crippen molar-refractivity contribution in [2.75, 3.05) is 24.7 Å². The number of benzene rings is 3. The number of ether oxygens (including phenoxy) is 4. The van der Waals surface area contributed by atoms with Crippen molar-refractivity contribution >= 4 is 44.1 Å². The fourth-order valence-corrected chi connectivity index (χ4v) is 6.58. The number of aromatic nitrogens is 1. The Morgan fingerprint density at radius 2 is 1.74 bits per heavy atom. The molecule has 10 heteroatoms. The van der Waals surface area contributed by atoms with Gasteiger partial charge in [0.2, 0.25) is 0 Å². The van der Waals surface area contributed by atoms with Crippen molar-refractivity contribution in [2.24, 2.45) is 0 Å². The van der Waals surface area contributed by atoms with Crippen molar-refractivity contribution in [3.8, 4) is 23.0 Å². The normalized spacial score (nSPS) is 19.0. The van der Waals surface area contributed by atoms with E-state index in [9.17, 15) is 14.7 Å². The minimum Gasteiger partial charge on any atom is -0.507 e. The summed E-state index contributed by atoms with van der Waals surface area (Å²) in [4.78, 5) is 33.7. The van der Waals surface area contributed by atoms with Gasteiger partial charge in [-0.25, -0.2) is 4.98 Å². The minimum absolute atomic E-state index is 0.0149. The molecule has 2 atom stereocenters. The van der Waals surface area contributed by atoms with Crippen molar-refractivity contribution in [3.63, 3.8) is 0 Å². The maximum absolute atomic E-state index is 13.8. The molecule has 6 rings (SSSR count). The van der Waals surface area contributed by atoms with E-state index in [0.29, 0.717) is 65.3 Å². The van der Waals surface area contributed by atoms with Gasteiger partial charge in [0.05, 0.1) is 41.7 Å². The number of hydrogen-bond donors (Lipinski definition) is 1. The van der Waals surface area contributed by atoms with E-state index in [2.05, 4.69) is 0 Å². The number of fused-ring (bicyclic) bond motifs is 2. The molecule has 1 amide bonds. The molecular formula is C33H32N2O7S. The smallest absolute Gasteiger partial charge is 0.301 e. The first kappa shape index (κ1) is 28.5. The molecule has 0 unspecified atom stereocenters. The van der Waals surface area contributed by atoms with Crippen molar-refractivity contribution in [2.45, 2.75) is 46.3 Å². The van der Waals surface area contributed by atoms with Crippen LogP contribution in [0, 0.1) is 0 Å². The van der Waals surface area contributed by atoms with Crippen LogP contribution in [0.25, 0.3) is 16.0 Å². The van der Waals surface area contributed by atoms with Crippen LogP contribution >= 0.6 is 11.3 Å². The number of anilines is 1. The predicted molar refractivity (Wildman–Crippen MR) is 165 cm³/mol. The average Bonchev–Trinajstić information content (AvgIpc) is 3.66. The number of thiazole rings is 1. The van der Waals surface area contributed by atoms with Gasteiger partial charge in [-0.05, 0) is 87.4 Å². The standard InChI is InChI=1S/C33H32N2O7S/c1-5-39-22-10-11-23-27(17-22)43-33(34-23)35-29(19-8-13-25(40-6-2)26(16-19)41-7-3)28(31(37)32(35)38)30(36)20-9-12-24-21(15-20)14-18(4)42-24/h8-13,15-18,29,36H,5-7,14H2,1-4H3/b30-28+/t18-,29+/m1/s1. The summed E-state index contributed by atoms with van der Waals surface area (Å²) in [5, 5.41) is 12.0. The van der Waals surface area contributed by atoms with Gasteiger partial charge in [0, 0.05) is 12.0 Å². The highest BCUT2D eigenvalue weighted by atomic mass is 32.1. The Hall–Kier alpha value is -4.57. The van der Waals surface area contributed by atoms with Gasteiger partial charge in [0.15, 0.2) is 16.6 Å². The highest BCUT2D eigenvalue weighted by Crippen LogP contribution is 2.46. The second-order valence-corrected chi connectivity index (χ2v) is 11.3. The highest BCUT2D eigenvalue weighted by molar-refractivity contribution is 7.22. The predicted octanol–water partition coefficient (Wildman–Crippen LogP) is 6.44. The van der Waals surface area contributed by atoms with E-state index in [1.165, 1.54) is 16.2 Å². The van der Waals surface area contributed by atoms with Crippen LogP contribution in [0.2, 0.25) is 0 Å². The highest BCUT2D eigenvalue weighted by Gasteiger charge is 2.48. The van der Waals surface area contributed by atoms with Crippen molar-refractivity contribution < 1.29 is 33.6 Å². The fourth-order valence-electron chi connectivity index (χ4n) is 5.56. The fraction of sp³-hybridized carbons (Fsp3) is 0.303. The number of ketones is 1. The molecular weight excluding hydrogens is 568 g/mol. The zero-order valence-corrected chi connectivity index (χ0v) is 25.2. The molecule has 3 aromatic carbocycles. The molecule has 1 fully saturated rings. The van der Waals surface area contributed by atoms with Crippen molar-refractivity contribution in [1.82, 2.24) is 4.98 Å². The molecule has 222 valence electrons. The van der Waals surface area contributed by atoms with Gasteiger partial charge in [-0.3, -0.25) is 14.5 Å². The number of aliphatic hydroxyl groups is 1. The number of amides is 1. The van der Waals surface area contributed by atoms with Gasteiger partial charge in [0.1, 0.15) is 23.4 Å². The average molecular weight is 601 g/mol. The van der Waals surface area contributed by atoms with Gasteiger partial charge in [-0.2, -0.15) is 0 Å². The second-order valence-electron chi connectivity index (χ2n) is 10.3. The molecule has 1 aromatic heterocycles. The van der Waals surface area contributed by atoms with Gasteiger partial charge in [-0.1, -0.05) is 17.4 Å². The molecule has 1 N–H and O–H groups in total. The zero-order valence-electron chi connectivity index (χ0n) is 24.4. The number of hydrogen-bond acceptors (Lipinski definition) is 9. The molecule has 4 aromatic rings. The Kier molecular flexibility index (Phi) is 7.70. The topological polar surface area (TPSA) is 107 Å². The maximum atomic E-state index is 13.8. The van der Waals surface area contributed by atoms with Crippen molar-refractivity contribution in [1.29, 1.82) is 0 Å². The Balaban J connectivity index is 1.53. The summed E-state index contributed by atoms with van der Waals surface area (Å²) in [7, 11) is 0. The number of aliphatic hydroxyl groups excluding tert-OH is 1. The van der Waals surface area contributed by atoms with E-state index >= 15 is 0 Å². The summed E-state index contributed by atoms with van der Waals surface area (Å²) in [5.41, 5.74) is 2.57. The molecule has 2 aliphatic heterocycles. The first-order valence-electron chi connectivity index (χ1n) is 14.4. The van der Waals surface area contributed by atoms with E-state index in [1.807, 2.05) is 52.0 Å². The lowest BCUT2D eigenvalue weighted by molar-refractivity contribution is -0.132. The Bertz CT molecular complexity index is 1760. The third-order valence-electron chi connectivity index (χ3n) is 7.36. The number of carbonyl (C=O) groups excluding carboxylic acids is 2. The summed E-state index contributed by atoms with van der Waals surface area (Å²) >= 11 is 1.28. The SMILES string of the molecule is CCOc1ccc2nc(N3C(=O)C(=O)/C(=C(/O)c4ccc5c(c4)C[C@@H](C)O5)[C@@H]3c3ccc(OCC)c(OCC)c3)sc2c1. The molecule has 0 aliphatic carbocycles. The number of rotatable bonds is 9. The Morgan fingerprint density at radius 1 is 0.977 bits per heavy atom. The first-order valence-corrected chi connectivity index (χ1v) is 15.2. The van der Waals surface area contributed by atoms with Crippen molar-refractivity contribution in [3.05, 3.63) is 76.9 Å². The molecule has 3 heterocycles. The summed E-state index contributed by atoms with van der Waals surface area (Å²) in [6.07, 6.45) is 0.696. The van der Waals surface area contributed by atoms with Gasteiger partial charge in [0.25, 0.3) is 5.78 Å². The van der Waals surface area contributed by atoms with Crippen LogP contribution in [0.5, 0.6) is 23.0 Å². The molecule has 1 saturated heterocycles. The van der Waals surface area contributed by atoms with Crippen LogP contribution in [-0.2, 0) is 16.0 Å². The quantitative estimate of drug-likeness (QED) is 0.133. The number of carbonyl (C=O) groups is 2. The largest absolute Gasteiger partial charge is 0.507 e. The molecule has 2 aliphatic rings. The minimum atomic E-state index is -0.967. The van der Waals surface area contributed by atoms with Gasteiger partial charge in [-0.15, -0.1) is 0 Å². The Morgan fingerprint density at radius 3 is 2.51 bits per heavy atom. The number of Topliss-reactive ketones (excluding diaryl/α,β-unsaturated/α-hetero) is 1.